The predicted molar refractivity (Wildman–Crippen MR) is 61.3 cm³/mol. The summed E-state index contributed by atoms with van der Waals surface area (Å²) in [7, 11) is 0. The second-order valence-electron chi connectivity index (χ2n) is 4.97. The van der Waals surface area contributed by atoms with Gasteiger partial charge in [0.05, 0.1) is 11.5 Å². The topological polar surface area (TPSA) is 26.3 Å². The molecule has 2 nitrogen and oxygen atoms in total. The van der Waals surface area contributed by atoms with Gasteiger partial charge in [-0.2, -0.15) is 0 Å². The molecule has 1 aromatic carbocycles. The van der Waals surface area contributed by atoms with Crippen LogP contribution in [0.25, 0.3) is 0 Å². The molecule has 2 aliphatic rings. The molecule has 0 aromatic heterocycles. The minimum Gasteiger partial charge on any atom is -0.376 e. The lowest BCUT2D eigenvalue weighted by Gasteiger charge is -2.53. The van der Waals surface area contributed by atoms with Crippen LogP contribution in [0.15, 0.2) is 30.3 Å². The average Bonchev–Trinajstić information content (AvgIpc) is 2.38. The second kappa shape index (κ2) is 3.42. The second-order valence-corrected chi connectivity index (χ2v) is 4.97. The molecule has 0 N–H and O–H groups in total. The summed E-state index contributed by atoms with van der Waals surface area (Å²) in [5, 5.41) is 0. The first-order valence-corrected chi connectivity index (χ1v) is 5.96. The summed E-state index contributed by atoms with van der Waals surface area (Å²) in [5.74, 6) is 0.516. The Kier molecular flexibility index (Phi) is 2.15. The van der Waals surface area contributed by atoms with Crippen molar-refractivity contribution in [2.75, 3.05) is 6.61 Å². The van der Waals surface area contributed by atoms with Crippen LogP contribution < -0.4 is 0 Å². The van der Waals surface area contributed by atoms with Crippen LogP contribution in [-0.4, -0.2) is 18.5 Å². The van der Waals surface area contributed by atoms with Gasteiger partial charge in [0, 0.05) is 12.5 Å². The van der Waals surface area contributed by atoms with Crippen molar-refractivity contribution in [1.82, 2.24) is 0 Å². The monoisotopic (exact) mass is 216 g/mol. The molecule has 3 rings (SSSR count). The molecule has 1 aromatic rings. The molecule has 1 aliphatic carbocycles. The number of hydrogen-bond donors (Lipinski definition) is 0. The van der Waals surface area contributed by atoms with Crippen molar-refractivity contribution in [2.45, 2.75) is 31.3 Å². The zero-order valence-electron chi connectivity index (χ0n) is 9.48. The van der Waals surface area contributed by atoms with Gasteiger partial charge in [0.1, 0.15) is 0 Å². The summed E-state index contributed by atoms with van der Waals surface area (Å²) in [6.07, 6.45) is 2.14. The van der Waals surface area contributed by atoms with Crippen LogP contribution >= 0.6 is 0 Å². The lowest BCUT2D eigenvalue weighted by molar-refractivity contribution is -0.172. The number of benzene rings is 1. The molecule has 0 amide bonds. The maximum atomic E-state index is 12.2. The van der Waals surface area contributed by atoms with E-state index in [1.54, 1.807) is 0 Å². The number of rotatable bonds is 1. The van der Waals surface area contributed by atoms with Crippen LogP contribution in [0.1, 0.15) is 25.3 Å². The zero-order valence-corrected chi connectivity index (χ0v) is 9.48. The van der Waals surface area contributed by atoms with Gasteiger partial charge in [-0.05, 0) is 25.3 Å². The average molecular weight is 216 g/mol. The highest BCUT2D eigenvalue weighted by atomic mass is 16.5. The van der Waals surface area contributed by atoms with Crippen LogP contribution in [0.4, 0.5) is 0 Å². The van der Waals surface area contributed by atoms with Crippen LogP contribution in [0.2, 0.25) is 0 Å². The van der Waals surface area contributed by atoms with Crippen molar-refractivity contribution in [3.63, 3.8) is 0 Å². The Bertz CT molecular complexity index is 412. The third kappa shape index (κ3) is 1.14. The van der Waals surface area contributed by atoms with E-state index in [-0.39, 0.29) is 12.0 Å². The van der Waals surface area contributed by atoms with Gasteiger partial charge < -0.3 is 4.74 Å². The van der Waals surface area contributed by atoms with Gasteiger partial charge in [-0.3, -0.25) is 4.79 Å². The highest BCUT2D eigenvalue weighted by Crippen LogP contribution is 2.49. The van der Waals surface area contributed by atoms with E-state index in [4.69, 9.17) is 4.74 Å². The van der Waals surface area contributed by atoms with Crippen molar-refractivity contribution < 1.29 is 9.53 Å². The fourth-order valence-electron chi connectivity index (χ4n) is 3.14. The van der Waals surface area contributed by atoms with E-state index in [1.165, 1.54) is 0 Å². The summed E-state index contributed by atoms with van der Waals surface area (Å²) in [5.41, 5.74) is 0.704. The van der Waals surface area contributed by atoms with Gasteiger partial charge in [-0.1, -0.05) is 30.3 Å². The van der Waals surface area contributed by atoms with Crippen molar-refractivity contribution in [3.8, 4) is 0 Å². The molecule has 1 heterocycles. The van der Waals surface area contributed by atoms with Crippen molar-refractivity contribution in [3.05, 3.63) is 35.9 Å². The number of carbonyl (C=O) groups excluding carboxylic acids is 1. The highest BCUT2D eigenvalue weighted by Gasteiger charge is 2.61. The van der Waals surface area contributed by atoms with Crippen LogP contribution in [0, 0.1) is 5.92 Å². The van der Waals surface area contributed by atoms with E-state index in [0.717, 1.165) is 25.0 Å². The zero-order chi connectivity index (χ0) is 11.2. The molecular formula is C14H16O2. The van der Waals surface area contributed by atoms with E-state index in [1.807, 2.05) is 37.3 Å². The summed E-state index contributed by atoms with van der Waals surface area (Å²) >= 11 is 0. The SMILES string of the molecule is C[C@]1(c2ccccc2)C(=O)[C@H]2CCCO[C@H]21. The fourth-order valence-corrected chi connectivity index (χ4v) is 3.14. The Morgan fingerprint density at radius 3 is 2.81 bits per heavy atom. The molecule has 0 bridgehead atoms. The van der Waals surface area contributed by atoms with Gasteiger partial charge in [0.25, 0.3) is 0 Å². The van der Waals surface area contributed by atoms with Crippen LogP contribution in [0.3, 0.4) is 0 Å². The molecule has 1 saturated heterocycles. The van der Waals surface area contributed by atoms with Crippen molar-refractivity contribution in [1.29, 1.82) is 0 Å². The Morgan fingerprint density at radius 2 is 2.06 bits per heavy atom. The maximum absolute atomic E-state index is 12.2. The highest BCUT2D eigenvalue weighted by molar-refractivity contribution is 5.99. The summed E-state index contributed by atoms with van der Waals surface area (Å²) in [4.78, 5) is 12.2. The molecule has 16 heavy (non-hydrogen) atoms. The summed E-state index contributed by atoms with van der Waals surface area (Å²) in [6, 6.07) is 10.0. The van der Waals surface area contributed by atoms with Gasteiger partial charge >= 0.3 is 0 Å². The van der Waals surface area contributed by atoms with Gasteiger partial charge in [-0.15, -0.1) is 0 Å². The van der Waals surface area contributed by atoms with Crippen molar-refractivity contribution >= 4 is 5.78 Å². The minimum absolute atomic E-state index is 0.108. The normalized spacial score (nSPS) is 37.7. The summed E-state index contributed by atoms with van der Waals surface area (Å²) in [6.45, 7) is 2.83. The Hall–Kier alpha value is -1.15. The number of ether oxygens (including phenoxy) is 1. The minimum atomic E-state index is -0.396. The molecule has 0 unspecified atom stereocenters. The fraction of sp³-hybridized carbons (Fsp3) is 0.500. The quantitative estimate of drug-likeness (QED) is 0.720. The van der Waals surface area contributed by atoms with Crippen molar-refractivity contribution in [2.24, 2.45) is 5.92 Å². The molecule has 84 valence electrons. The lowest BCUT2D eigenvalue weighted by Crippen LogP contribution is -2.65. The Labute approximate surface area is 95.6 Å². The molecule has 0 spiro atoms. The standard InChI is InChI=1S/C14H16O2/c1-14(10-6-3-2-4-7-10)12(15)11-8-5-9-16-13(11)14/h2-4,6-7,11,13H,5,8-9H2,1H3/t11-,13-,14+/m1/s1. The summed E-state index contributed by atoms with van der Waals surface area (Å²) < 4.78 is 5.80. The Morgan fingerprint density at radius 1 is 1.31 bits per heavy atom. The molecule has 3 atom stereocenters. The van der Waals surface area contributed by atoms with E-state index < -0.39 is 5.41 Å². The molecule has 2 fully saturated rings. The number of hydrogen-bond acceptors (Lipinski definition) is 2. The van der Waals surface area contributed by atoms with E-state index >= 15 is 0 Å². The number of ketones is 1. The number of fused-ring (bicyclic) bond motifs is 1. The Balaban J connectivity index is 1.97. The van der Waals surface area contributed by atoms with Crippen LogP contribution in [-0.2, 0) is 14.9 Å². The largest absolute Gasteiger partial charge is 0.376 e. The number of carbonyl (C=O) groups is 1. The molecule has 1 saturated carbocycles. The van der Waals surface area contributed by atoms with Gasteiger partial charge in [0.15, 0.2) is 5.78 Å². The smallest absolute Gasteiger partial charge is 0.151 e. The predicted octanol–water partition coefficient (Wildman–Crippen LogP) is 2.32. The first-order valence-electron chi connectivity index (χ1n) is 5.96. The first-order chi connectivity index (χ1) is 7.74. The first kappa shape index (κ1) is 10.0. The molecule has 1 aliphatic heterocycles. The molecular weight excluding hydrogens is 200 g/mol. The lowest BCUT2D eigenvalue weighted by atomic mass is 9.54. The van der Waals surface area contributed by atoms with E-state index in [0.29, 0.717) is 5.78 Å². The van der Waals surface area contributed by atoms with Gasteiger partial charge in [-0.25, -0.2) is 0 Å². The molecule has 2 heteroatoms. The third-order valence-corrected chi connectivity index (χ3v) is 4.11. The number of Topliss-reactive ketones (excluding diaryl/α,β-unsaturated/α-hetero) is 1. The van der Waals surface area contributed by atoms with Gasteiger partial charge in [0.2, 0.25) is 0 Å². The van der Waals surface area contributed by atoms with E-state index in [2.05, 4.69) is 0 Å². The third-order valence-electron chi connectivity index (χ3n) is 4.11. The maximum Gasteiger partial charge on any atom is 0.151 e. The molecule has 0 radical (unpaired) electrons. The van der Waals surface area contributed by atoms with E-state index in [9.17, 15) is 4.79 Å². The van der Waals surface area contributed by atoms with Crippen LogP contribution in [0.5, 0.6) is 0 Å².